The molecule has 178 valence electrons. The Morgan fingerprint density at radius 1 is 1.00 bits per heavy atom. The Labute approximate surface area is 213 Å². The molecular formula is C24H35IN8. The fraction of sp³-hybridized carbons (Fsp3) is 0.458. The van der Waals surface area contributed by atoms with Gasteiger partial charge in [-0.25, -0.2) is 4.99 Å². The third-order valence-electron chi connectivity index (χ3n) is 6.12. The van der Waals surface area contributed by atoms with Crippen molar-refractivity contribution in [3.8, 4) is 0 Å². The van der Waals surface area contributed by atoms with Gasteiger partial charge in [-0.05, 0) is 50.1 Å². The van der Waals surface area contributed by atoms with Crippen molar-refractivity contribution in [2.45, 2.75) is 27.3 Å². The van der Waals surface area contributed by atoms with Crippen molar-refractivity contribution < 1.29 is 0 Å². The van der Waals surface area contributed by atoms with Gasteiger partial charge in [-0.15, -0.1) is 34.2 Å². The van der Waals surface area contributed by atoms with Crippen molar-refractivity contribution >= 4 is 41.3 Å². The van der Waals surface area contributed by atoms with Crippen LogP contribution in [0.4, 0.5) is 5.69 Å². The van der Waals surface area contributed by atoms with Gasteiger partial charge in [-0.1, -0.05) is 18.2 Å². The zero-order valence-corrected chi connectivity index (χ0v) is 22.1. The van der Waals surface area contributed by atoms with Crippen LogP contribution in [0.1, 0.15) is 23.9 Å². The Kier molecular flexibility index (Phi) is 9.30. The maximum atomic E-state index is 4.70. The van der Waals surface area contributed by atoms with Crippen molar-refractivity contribution in [2.24, 2.45) is 4.99 Å². The molecular weight excluding hydrogens is 527 g/mol. The minimum Gasteiger partial charge on any atom is -0.369 e. The summed E-state index contributed by atoms with van der Waals surface area (Å²) in [6.07, 6.45) is 1.97. The molecule has 1 fully saturated rings. The molecule has 1 aliphatic heterocycles. The van der Waals surface area contributed by atoms with Crippen molar-refractivity contribution in [3.63, 3.8) is 0 Å². The fourth-order valence-electron chi connectivity index (χ4n) is 4.11. The third kappa shape index (κ3) is 6.35. The number of anilines is 1. The average Bonchev–Trinajstić information content (AvgIpc) is 3.23. The number of guanidine groups is 1. The third-order valence-corrected chi connectivity index (χ3v) is 6.12. The lowest BCUT2D eigenvalue weighted by molar-refractivity contribution is 0.261. The van der Waals surface area contributed by atoms with Gasteiger partial charge in [0.1, 0.15) is 6.54 Å². The predicted molar refractivity (Wildman–Crippen MR) is 146 cm³/mol. The SMILES string of the molecule is CCNC(=NCc1nnc2ccccn12)NCCN1CCN(c2cccc(C)c2C)CC1.I. The first-order valence-corrected chi connectivity index (χ1v) is 11.5. The molecule has 0 unspecified atom stereocenters. The van der Waals surface area contributed by atoms with Crippen LogP contribution in [0.25, 0.3) is 5.65 Å². The molecule has 3 aromatic rings. The molecule has 8 nitrogen and oxygen atoms in total. The number of aliphatic imine (C=N–C) groups is 1. The number of hydrogen-bond donors (Lipinski definition) is 2. The molecule has 0 atom stereocenters. The summed E-state index contributed by atoms with van der Waals surface area (Å²) in [6, 6.07) is 12.5. The predicted octanol–water partition coefficient (Wildman–Crippen LogP) is 2.84. The molecule has 4 rings (SSSR count). The quantitative estimate of drug-likeness (QED) is 0.262. The number of pyridine rings is 1. The first-order chi connectivity index (χ1) is 15.7. The highest BCUT2D eigenvalue weighted by molar-refractivity contribution is 14.0. The average molecular weight is 563 g/mol. The first-order valence-electron chi connectivity index (χ1n) is 11.5. The van der Waals surface area contributed by atoms with Crippen LogP contribution < -0.4 is 15.5 Å². The van der Waals surface area contributed by atoms with Crippen molar-refractivity contribution in [1.82, 2.24) is 30.1 Å². The van der Waals surface area contributed by atoms with Gasteiger partial charge in [-0.3, -0.25) is 9.30 Å². The molecule has 33 heavy (non-hydrogen) atoms. The highest BCUT2D eigenvalue weighted by Gasteiger charge is 2.18. The first kappa shape index (κ1) is 25.2. The van der Waals surface area contributed by atoms with Crippen molar-refractivity contribution in [1.29, 1.82) is 0 Å². The molecule has 0 aliphatic carbocycles. The van der Waals surface area contributed by atoms with E-state index in [0.717, 1.165) is 63.2 Å². The number of aryl methyl sites for hydroxylation is 1. The van der Waals surface area contributed by atoms with E-state index in [-0.39, 0.29) is 24.0 Å². The molecule has 2 N–H and O–H groups in total. The number of benzene rings is 1. The number of hydrogen-bond acceptors (Lipinski definition) is 5. The van der Waals surface area contributed by atoms with E-state index in [1.54, 1.807) is 0 Å². The van der Waals surface area contributed by atoms with Gasteiger partial charge in [0.05, 0.1) is 0 Å². The minimum atomic E-state index is 0. The number of nitrogens with zero attached hydrogens (tertiary/aromatic N) is 6. The summed E-state index contributed by atoms with van der Waals surface area (Å²) in [5.74, 6) is 1.65. The number of fused-ring (bicyclic) bond motifs is 1. The van der Waals surface area contributed by atoms with Crippen LogP contribution in [0.15, 0.2) is 47.6 Å². The monoisotopic (exact) mass is 562 g/mol. The Morgan fingerprint density at radius 3 is 2.61 bits per heavy atom. The Bertz CT molecular complexity index is 1060. The molecule has 0 saturated carbocycles. The van der Waals surface area contributed by atoms with Crippen LogP contribution in [0.3, 0.4) is 0 Å². The molecule has 0 spiro atoms. The van der Waals surface area contributed by atoms with E-state index in [2.05, 4.69) is 69.6 Å². The summed E-state index contributed by atoms with van der Waals surface area (Å²) in [5.41, 5.74) is 4.99. The largest absolute Gasteiger partial charge is 0.369 e. The molecule has 3 heterocycles. The van der Waals surface area contributed by atoms with E-state index in [0.29, 0.717) is 6.54 Å². The standard InChI is InChI=1S/C24H34N8.HI/c1-4-25-24(27-18-23-29-28-22-10-5-6-12-32(22)23)26-11-13-30-14-16-31(17-15-30)21-9-7-8-19(2)20(21)3;/h5-10,12H,4,11,13-18H2,1-3H3,(H2,25,26,27);1H. The Hall–Kier alpha value is -2.40. The molecule has 1 aromatic carbocycles. The molecule has 0 bridgehead atoms. The molecule has 1 saturated heterocycles. The summed E-state index contributed by atoms with van der Waals surface area (Å²) in [5, 5.41) is 15.2. The van der Waals surface area contributed by atoms with Gasteiger partial charge in [0.2, 0.25) is 0 Å². The second-order valence-electron chi connectivity index (χ2n) is 8.21. The van der Waals surface area contributed by atoms with Crippen LogP contribution in [0, 0.1) is 13.8 Å². The lowest BCUT2D eigenvalue weighted by atomic mass is 10.1. The summed E-state index contributed by atoms with van der Waals surface area (Å²) in [4.78, 5) is 9.74. The maximum Gasteiger partial charge on any atom is 0.191 e. The van der Waals surface area contributed by atoms with Gasteiger partial charge >= 0.3 is 0 Å². The minimum absolute atomic E-state index is 0. The fourth-order valence-corrected chi connectivity index (χ4v) is 4.11. The topological polar surface area (TPSA) is 73.1 Å². The van der Waals surface area contributed by atoms with Crippen LogP contribution in [0.5, 0.6) is 0 Å². The smallest absolute Gasteiger partial charge is 0.191 e. The lowest BCUT2D eigenvalue weighted by Crippen LogP contribution is -2.49. The van der Waals surface area contributed by atoms with Crippen molar-refractivity contribution in [3.05, 3.63) is 59.5 Å². The van der Waals surface area contributed by atoms with E-state index >= 15 is 0 Å². The van der Waals surface area contributed by atoms with Crippen LogP contribution in [0.2, 0.25) is 0 Å². The lowest BCUT2D eigenvalue weighted by Gasteiger charge is -2.37. The van der Waals surface area contributed by atoms with E-state index in [4.69, 9.17) is 4.99 Å². The summed E-state index contributed by atoms with van der Waals surface area (Å²) in [7, 11) is 0. The van der Waals surface area contributed by atoms with Gasteiger partial charge in [0, 0.05) is 57.7 Å². The highest BCUT2D eigenvalue weighted by atomic mass is 127. The van der Waals surface area contributed by atoms with Crippen LogP contribution in [-0.2, 0) is 6.54 Å². The zero-order chi connectivity index (χ0) is 22.3. The summed E-state index contributed by atoms with van der Waals surface area (Å²) < 4.78 is 1.97. The molecule has 0 radical (unpaired) electrons. The molecule has 2 aromatic heterocycles. The Balaban J connectivity index is 0.00000306. The number of aromatic nitrogens is 3. The van der Waals surface area contributed by atoms with Gasteiger partial charge in [-0.2, -0.15) is 0 Å². The number of rotatable bonds is 7. The molecule has 0 amide bonds. The van der Waals surface area contributed by atoms with E-state index in [1.807, 2.05) is 28.8 Å². The van der Waals surface area contributed by atoms with Gasteiger partial charge in [0.25, 0.3) is 0 Å². The zero-order valence-electron chi connectivity index (χ0n) is 19.8. The van der Waals surface area contributed by atoms with Crippen LogP contribution in [-0.4, -0.2) is 71.3 Å². The maximum absolute atomic E-state index is 4.70. The van der Waals surface area contributed by atoms with Gasteiger partial charge in [0.15, 0.2) is 17.4 Å². The summed E-state index contributed by atoms with van der Waals surface area (Å²) in [6.45, 7) is 13.9. The molecule has 1 aliphatic rings. The highest BCUT2D eigenvalue weighted by Crippen LogP contribution is 2.23. The number of nitrogens with one attached hydrogen (secondary N) is 2. The van der Waals surface area contributed by atoms with E-state index in [1.165, 1.54) is 16.8 Å². The number of piperazine rings is 1. The van der Waals surface area contributed by atoms with Gasteiger partial charge < -0.3 is 15.5 Å². The number of halogens is 1. The normalized spacial score (nSPS) is 14.9. The van der Waals surface area contributed by atoms with Crippen LogP contribution >= 0.6 is 24.0 Å². The van der Waals surface area contributed by atoms with E-state index in [9.17, 15) is 0 Å². The molecule has 9 heteroatoms. The van der Waals surface area contributed by atoms with Crippen molar-refractivity contribution in [2.75, 3.05) is 50.7 Å². The second-order valence-corrected chi connectivity index (χ2v) is 8.21. The second kappa shape index (κ2) is 12.2. The summed E-state index contributed by atoms with van der Waals surface area (Å²) >= 11 is 0. The Morgan fingerprint density at radius 2 is 1.82 bits per heavy atom. The van der Waals surface area contributed by atoms with E-state index < -0.39 is 0 Å².